The molecule has 78 valence electrons. The fourth-order valence-corrected chi connectivity index (χ4v) is 1.89. The Kier molecular flexibility index (Phi) is 2.97. The lowest BCUT2D eigenvalue weighted by Crippen LogP contribution is -2.18. The summed E-state index contributed by atoms with van der Waals surface area (Å²) in [6.07, 6.45) is 1.85. The van der Waals surface area contributed by atoms with Crippen molar-refractivity contribution in [1.82, 2.24) is 10.3 Å². The molecular formula is C13H16N2. The van der Waals surface area contributed by atoms with Gasteiger partial charge in [-0.15, -0.1) is 0 Å². The van der Waals surface area contributed by atoms with Crippen molar-refractivity contribution in [1.29, 1.82) is 0 Å². The maximum Gasteiger partial charge on any atom is 0.0749 e. The monoisotopic (exact) mass is 200 g/mol. The number of hydrogen-bond donors (Lipinski definition) is 1. The van der Waals surface area contributed by atoms with Crippen molar-refractivity contribution in [3.05, 3.63) is 42.1 Å². The van der Waals surface area contributed by atoms with Crippen LogP contribution in [0.3, 0.4) is 0 Å². The van der Waals surface area contributed by atoms with Gasteiger partial charge in [-0.05, 0) is 25.1 Å². The Balaban J connectivity index is 2.50. The number of benzene rings is 1. The minimum Gasteiger partial charge on any atom is -0.310 e. The highest BCUT2D eigenvalue weighted by atomic mass is 14.9. The Bertz CT molecular complexity index is 446. The van der Waals surface area contributed by atoms with Gasteiger partial charge in [0.1, 0.15) is 0 Å². The van der Waals surface area contributed by atoms with Crippen LogP contribution in [0.25, 0.3) is 10.9 Å². The van der Waals surface area contributed by atoms with Crippen LogP contribution in [0, 0.1) is 0 Å². The van der Waals surface area contributed by atoms with E-state index in [-0.39, 0.29) is 0 Å². The third-order valence-electron chi connectivity index (χ3n) is 2.64. The first-order valence-corrected chi connectivity index (χ1v) is 5.40. The van der Waals surface area contributed by atoms with Crippen LogP contribution >= 0.6 is 0 Å². The van der Waals surface area contributed by atoms with Gasteiger partial charge >= 0.3 is 0 Å². The first-order chi connectivity index (χ1) is 7.33. The van der Waals surface area contributed by atoms with E-state index in [1.54, 1.807) is 0 Å². The van der Waals surface area contributed by atoms with E-state index in [9.17, 15) is 0 Å². The van der Waals surface area contributed by atoms with E-state index in [2.05, 4.69) is 48.4 Å². The topological polar surface area (TPSA) is 24.9 Å². The lowest BCUT2D eigenvalue weighted by atomic mass is 10.0. The second kappa shape index (κ2) is 4.41. The van der Waals surface area contributed by atoms with Crippen molar-refractivity contribution >= 4 is 10.9 Å². The van der Waals surface area contributed by atoms with Crippen molar-refractivity contribution in [2.24, 2.45) is 0 Å². The normalized spacial score (nSPS) is 12.9. The maximum atomic E-state index is 4.44. The molecule has 0 spiro atoms. The lowest BCUT2D eigenvalue weighted by Gasteiger charge is -2.14. The lowest BCUT2D eigenvalue weighted by molar-refractivity contribution is 0.601. The van der Waals surface area contributed by atoms with Gasteiger partial charge in [0.05, 0.1) is 5.52 Å². The Labute approximate surface area is 90.3 Å². The molecule has 1 unspecified atom stereocenters. The van der Waals surface area contributed by atoms with Gasteiger partial charge in [-0.3, -0.25) is 4.98 Å². The summed E-state index contributed by atoms with van der Waals surface area (Å²) >= 11 is 0. The quantitative estimate of drug-likeness (QED) is 0.824. The number of nitrogens with one attached hydrogen (secondary N) is 1. The van der Waals surface area contributed by atoms with Crippen LogP contribution < -0.4 is 5.32 Å². The Morgan fingerprint density at radius 3 is 2.87 bits per heavy atom. The number of hydrogen-bond acceptors (Lipinski definition) is 2. The minimum atomic E-state index is 0.355. The van der Waals surface area contributed by atoms with Crippen LogP contribution in [0.1, 0.15) is 25.5 Å². The largest absolute Gasteiger partial charge is 0.310 e. The molecule has 0 aliphatic heterocycles. The number of fused-ring (bicyclic) bond motifs is 1. The van der Waals surface area contributed by atoms with Gasteiger partial charge in [-0.1, -0.05) is 31.2 Å². The highest BCUT2D eigenvalue weighted by Crippen LogP contribution is 2.21. The molecule has 2 heteroatoms. The predicted molar refractivity (Wildman–Crippen MR) is 63.8 cm³/mol. The number of para-hydroxylation sites is 1. The van der Waals surface area contributed by atoms with Crippen LogP contribution in [0.15, 0.2) is 36.5 Å². The van der Waals surface area contributed by atoms with Gasteiger partial charge in [-0.25, -0.2) is 0 Å². The predicted octanol–water partition coefficient (Wildman–Crippen LogP) is 2.91. The fraction of sp³-hybridized carbons (Fsp3) is 0.308. The summed E-state index contributed by atoms with van der Waals surface area (Å²) in [6.45, 7) is 5.27. The SMILES string of the molecule is CCNC(C)c1cccc2cccnc12. The van der Waals surface area contributed by atoms with Crippen LogP contribution in [0.4, 0.5) is 0 Å². The summed E-state index contributed by atoms with van der Waals surface area (Å²) in [6, 6.07) is 10.8. The van der Waals surface area contributed by atoms with Gasteiger partial charge in [0.15, 0.2) is 0 Å². The van der Waals surface area contributed by atoms with Crippen LogP contribution in [-0.4, -0.2) is 11.5 Å². The first-order valence-electron chi connectivity index (χ1n) is 5.40. The van der Waals surface area contributed by atoms with E-state index in [4.69, 9.17) is 0 Å². The van der Waals surface area contributed by atoms with Crippen LogP contribution in [-0.2, 0) is 0 Å². The van der Waals surface area contributed by atoms with Crippen LogP contribution in [0.5, 0.6) is 0 Å². The molecule has 0 bridgehead atoms. The zero-order valence-electron chi connectivity index (χ0n) is 9.20. The van der Waals surface area contributed by atoms with Crippen molar-refractivity contribution < 1.29 is 0 Å². The molecule has 1 atom stereocenters. The molecule has 15 heavy (non-hydrogen) atoms. The molecule has 1 aromatic carbocycles. The standard InChI is InChI=1S/C13H16N2/c1-3-14-10(2)12-8-4-6-11-7-5-9-15-13(11)12/h4-10,14H,3H2,1-2H3. The van der Waals surface area contributed by atoms with Crippen molar-refractivity contribution in [2.75, 3.05) is 6.54 Å². The molecule has 0 amide bonds. The smallest absolute Gasteiger partial charge is 0.0749 e. The van der Waals surface area contributed by atoms with Crippen LogP contribution in [0.2, 0.25) is 0 Å². The van der Waals surface area contributed by atoms with Gasteiger partial charge in [0.25, 0.3) is 0 Å². The molecule has 0 aliphatic carbocycles. The van der Waals surface area contributed by atoms with E-state index in [1.165, 1.54) is 10.9 Å². The average Bonchev–Trinajstić information content (AvgIpc) is 2.28. The molecule has 1 aromatic heterocycles. The molecule has 2 nitrogen and oxygen atoms in total. The minimum absolute atomic E-state index is 0.355. The highest BCUT2D eigenvalue weighted by molar-refractivity contribution is 5.81. The Morgan fingerprint density at radius 1 is 1.27 bits per heavy atom. The summed E-state index contributed by atoms with van der Waals surface area (Å²) in [5.74, 6) is 0. The van der Waals surface area contributed by atoms with E-state index >= 15 is 0 Å². The van der Waals surface area contributed by atoms with E-state index in [0.717, 1.165) is 12.1 Å². The molecule has 0 saturated carbocycles. The van der Waals surface area contributed by atoms with Crippen molar-refractivity contribution in [2.45, 2.75) is 19.9 Å². The van der Waals surface area contributed by atoms with E-state index < -0.39 is 0 Å². The summed E-state index contributed by atoms with van der Waals surface area (Å²) in [7, 11) is 0. The zero-order chi connectivity index (χ0) is 10.7. The van der Waals surface area contributed by atoms with Crippen molar-refractivity contribution in [3.8, 4) is 0 Å². The highest BCUT2D eigenvalue weighted by Gasteiger charge is 2.07. The molecule has 1 N–H and O–H groups in total. The molecular weight excluding hydrogens is 184 g/mol. The average molecular weight is 200 g/mol. The molecule has 0 aliphatic rings. The van der Waals surface area contributed by atoms with Gasteiger partial charge < -0.3 is 5.32 Å². The number of rotatable bonds is 3. The molecule has 0 saturated heterocycles. The van der Waals surface area contributed by atoms with Gasteiger partial charge in [0, 0.05) is 17.6 Å². The Hall–Kier alpha value is -1.41. The summed E-state index contributed by atoms with van der Waals surface area (Å²) in [5, 5.41) is 4.62. The third kappa shape index (κ3) is 2.00. The number of pyridine rings is 1. The Morgan fingerprint density at radius 2 is 2.07 bits per heavy atom. The first kappa shape index (κ1) is 10.1. The number of nitrogens with zero attached hydrogens (tertiary/aromatic N) is 1. The fourth-order valence-electron chi connectivity index (χ4n) is 1.89. The van der Waals surface area contributed by atoms with E-state index in [0.29, 0.717) is 6.04 Å². The number of aromatic nitrogens is 1. The molecule has 2 rings (SSSR count). The molecule has 0 radical (unpaired) electrons. The third-order valence-corrected chi connectivity index (χ3v) is 2.64. The zero-order valence-corrected chi connectivity index (χ0v) is 9.20. The second-order valence-corrected chi connectivity index (χ2v) is 3.70. The summed E-state index contributed by atoms with van der Waals surface area (Å²) in [5.41, 5.74) is 2.38. The van der Waals surface area contributed by atoms with Gasteiger partial charge in [-0.2, -0.15) is 0 Å². The molecule has 1 heterocycles. The summed E-state index contributed by atoms with van der Waals surface area (Å²) in [4.78, 5) is 4.44. The van der Waals surface area contributed by atoms with E-state index in [1.807, 2.05) is 12.3 Å². The molecule has 2 aromatic rings. The summed E-state index contributed by atoms with van der Waals surface area (Å²) < 4.78 is 0. The van der Waals surface area contributed by atoms with Gasteiger partial charge in [0.2, 0.25) is 0 Å². The van der Waals surface area contributed by atoms with Crippen molar-refractivity contribution in [3.63, 3.8) is 0 Å². The maximum absolute atomic E-state index is 4.44. The second-order valence-electron chi connectivity index (χ2n) is 3.70. The molecule has 0 fully saturated rings.